The lowest BCUT2D eigenvalue weighted by molar-refractivity contribution is -0.122. The van der Waals surface area contributed by atoms with Crippen LogP contribution in [0.1, 0.15) is 6.92 Å². The fraction of sp³-hybridized carbons (Fsp3) is 0.333. The van der Waals surface area contributed by atoms with E-state index in [1.54, 1.807) is 24.2 Å². The van der Waals surface area contributed by atoms with Crippen molar-refractivity contribution in [3.8, 4) is 6.07 Å². The molecular weight excluding hydrogens is 216 g/mol. The second-order valence-electron chi connectivity index (χ2n) is 2.50. The van der Waals surface area contributed by atoms with Crippen LogP contribution in [0.3, 0.4) is 0 Å². The average Bonchev–Trinajstić information content (AvgIpc) is 2.29. The number of rotatable bonds is 2. The first kappa shape index (κ1) is 11.2. The standard InChI is InChI=1S/C9H10N2OS2/c1-3-13-9-7(6-10)11(2)8(12)4-5-14-9/h4-5H,3H2,1-2H3. The summed E-state index contributed by atoms with van der Waals surface area (Å²) in [6.45, 7) is 2.02. The first-order chi connectivity index (χ1) is 6.70. The van der Waals surface area contributed by atoms with Gasteiger partial charge in [0.25, 0.3) is 5.91 Å². The fourth-order valence-corrected chi connectivity index (χ4v) is 2.90. The van der Waals surface area contributed by atoms with Crippen molar-refractivity contribution in [3.05, 3.63) is 21.4 Å². The second-order valence-corrected chi connectivity index (χ2v) is 4.95. The van der Waals surface area contributed by atoms with Crippen LogP contribution in [0.2, 0.25) is 0 Å². The van der Waals surface area contributed by atoms with Crippen LogP contribution in [-0.2, 0) is 4.79 Å². The quantitative estimate of drug-likeness (QED) is 0.723. The molecule has 1 aliphatic rings. The van der Waals surface area contributed by atoms with Crippen LogP contribution in [0, 0.1) is 11.3 Å². The summed E-state index contributed by atoms with van der Waals surface area (Å²) >= 11 is 3.00. The average molecular weight is 226 g/mol. The second kappa shape index (κ2) is 5.13. The van der Waals surface area contributed by atoms with Crippen LogP contribution in [-0.4, -0.2) is 23.6 Å². The van der Waals surface area contributed by atoms with E-state index in [9.17, 15) is 4.79 Å². The molecule has 0 bridgehead atoms. The molecule has 0 aromatic heterocycles. The van der Waals surface area contributed by atoms with Crippen LogP contribution in [0.5, 0.6) is 0 Å². The van der Waals surface area contributed by atoms with Crippen LogP contribution >= 0.6 is 23.5 Å². The Kier molecular flexibility index (Phi) is 4.11. The molecule has 0 spiro atoms. The van der Waals surface area contributed by atoms with Crippen molar-refractivity contribution in [3.63, 3.8) is 0 Å². The lowest BCUT2D eigenvalue weighted by Gasteiger charge is -2.14. The molecule has 0 aromatic carbocycles. The smallest absolute Gasteiger partial charge is 0.251 e. The lowest BCUT2D eigenvalue weighted by Crippen LogP contribution is -2.23. The Hall–Kier alpha value is -0.860. The summed E-state index contributed by atoms with van der Waals surface area (Å²) in [4.78, 5) is 12.7. The van der Waals surface area contributed by atoms with E-state index in [0.717, 1.165) is 9.99 Å². The number of carbonyl (C=O) groups is 1. The molecule has 0 saturated heterocycles. The minimum absolute atomic E-state index is 0.152. The highest BCUT2D eigenvalue weighted by Crippen LogP contribution is 2.34. The van der Waals surface area contributed by atoms with Gasteiger partial charge in [0, 0.05) is 13.1 Å². The van der Waals surface area contributed by atoms with Gasteiger partial charge in [-0.1, -0.05) is 18.7 Å². The summed E-state index contributed by atoms with van der Waals surface area (Å²) in [6.07, 6.45) is 1.48. The van der Waals surface area contributed by atoms with Crippen molar-refractivity contribution < 1.29 is 4.79 Å². The maximum absolute atomic E-state index is 11.4. The molecule has 14 heavy (non-hydrogen) atoms. The SMILES string of the molecule is CCSC1=C(C#N)N(C)C(=O)C=CS1. The maximum atomic E-state index is 11.4. The maximum Gasteiger partial charge on any atom is 0.251 e. The topological polar surface area (TPSA) is 44.1 Å². The van der Waals surface area contributed by atoms with E-state index in [1.165, 1.54) is 22.7 Å². The van der Waals surface area contributed by atoms with Crippen molar-refractivity contribution in [2.75, 3.05) is 12.8 Å². The Bertz CT molecular complexity index is 341. The molecule has 0 aromatic rings. The lowest BCUT2D eigenvalue weighted by atomic mass is 10.4. The number of allylic oxidation sites excluding steroid dienone is 1. The van der Waals surface area contributed by atoms with Crippen LogP contribution in [0.25, 0.3) is 0 Å². The highest BCUT2D eigenvalue weighted by molar-refractivity contribution is 8.23. The van der Waals surface area contributed by atoms with Gasteiger partial charge in [-0.2, -0.15) is 5.26 Å². The third-order valence-electron chi connectivity index (χ3n) is 1.63. The molecule has 1 aliphatic heterocycles. The van der Waals surface area contributed by atoms with E-state index in [4.69, 9.17) is 5.26 Å². The normalized spacial score (nSPS) is 16.9. The first-order valence-electron chi connectivity index (χ1n) is 4.08. The highest BCUT2D eigenvalue weighted by Gasteiger charge is 2.18. The van der Waals surface area contributed by atoms with Crippen molar-refractivity contribution in [1.82, 2.24) is 4.90 Å². The predicted molar refractivity (Wildman–Crippen MR) is 60.3 cm³/mol. The molecular formula is C9H10N2OS2. The van der Waals surface area contributed by atoms with Gasteiger partial charge in [-0.15, -0.1) is 11.8 Å². The number of nitrogens with zero attached hydrogens (tertiary/aromatic N) is 2. The van der Waals surface area contributed by atoms with Crippen LogP contribution in [0.15, 0.2) is 21.4 Å². The van der Waals surface area contributed by atoms with Gasteiger partial charge in [-0.3, -0.25) is 4.79 Å². The summed E-state index contributed by atoms with van der Waals surface area (Å²) in [5, 5.41) is 10.7. The Labute approximate surface area is 91.8 Å². The van der Waals surface area contributed by atoms with Crippen molar-refractivity contribution in [2.45, 2.75) is 6.92 Å². The Morgan fingerprint density at radius 2 is 2.43 bits per heavy atom. The minimum Gasteiger partial charge on any atom is -0.302 e. The molecule has 0 fully saturated rings. The van der Waals surface area contributed by atoms with Crippen molar-refractivity contribution in [2.24, 2.45) is 0 Å². The number of hydrogen-bond acceptors (Lipinski definition) is 4. The van der Waals surface area contributed by atoms with Gasteiger partial charge in [0.1, 0.15) is 11.8 Å². The molecule has 0 radical (unpaired) electrons. The summed E-state index contributed by atoms with van der Waals surface area (Å²) in [7, 11) is 1.62. The van der Waals surface area contributed by atoms with E-state index in [1.807, 2.05) is 6.92 Å². The third kappa shape index (κ3) is 2.34. The number of nitriles is 1. The number of likely N-dealkylation sites (N-methyl/N-ethyl adjacent to an activating group) is 1. The van der Waals surface area contributed by atoms with E-state index in [-0.39, 0.29) is 5.91 Å². The molecule has 0 saturated carbocycles. The minimum atomic E-state index is -0.152. The summed E-state index contributed by atoms with van der Waals surface area (Å²) in [5.74, 6) is 0.740. The Morgan fingerprint density at radius 1 is 1.71 bits per heavy atom. The number of thioether (sulfide) groups is 2. The molecule has 0 aliphatic carbocycles. The Balaban J connectivity index is 3.05. The van der Waals surface area contributed by atoms with Crippen molar-refractivity contribution in [1.29, 1.82) is 5.26 Å². The zero-order valence-electron chi connectivity index (χ0n) is 7.98. The van der Waals surface area contributed by atoms with Gasteiger partial charge < -0.3 is 4.90 Å². The number of hydrogen-bond donors (Lipinski definition) is 0. The highest BCUT2D eigenvalue weighted by atomic mass is 32.2. The van der Waals surface area contributed by atoms with E-state index < -0.39 is 0 Å². The van der Waals surface area contributed by atoms with Gasteiger partial charge in [0.2, 0.25) is 0 Å². The molecule has 3 nitrogen and oxygen atoms in total. The summed E-state index contributed by atoms with van der Waals surface area (Å²) in [5.41, 5.74) is 0.442. The molecule has 5 heteroatoms. The van der Waals surface area contributed by atoms with Gasteiger partial charge in [0.05, 0.1) is 4.24 Å². The molecule has 1 heterocycles. The largest absolute Gasteiger partial charge is 0.302 e. The van der Waals surface area contributed by atoms with E-state index in [2.05, 4.69) is 6.07 Å². The van der Waals surface area contributed by atoms with Gasteiger partial charge >= 0.3 is 0 Å². The zero-order chi connectivity index (χ0) is 10.6. The van der Waals surface area contributed by atoms with Crippen LogP contribution < -0.4 is 0 Å². The molecule has 1 amide bonds. The summed E-state index contributed by atoms with van der Waals surface area (Å²) in [6, 6.07) is 2.06. The monoisotopic (exact) mass is 226 g/mol. The Morgan fingerprint density at radius 3 is 3.00 bits per heavy atom. The van der Waals surface area contributed by atoms with Gasteiger partial charge in [-0.25, -0.2) is 0 Å². The van der Waals surface area contributed by atoms with Gasteiger partial charge in [-0.05, 0) is 11.2 Å². The summed E-state index contributed by atoms with van der Waals surface area (Å²) < 4.78 is 0.889. The van der Waals surface area contributed by atoms with Gasteiger partial charge in [0.15, 0.2) is 0 Å². The first-order valence-corrected chi connectivity index (χ1v) is 5.95. The molecule has 0 N–H and O–H groups in total. The van der Waals surface area contributed by atoms with Crippen molar-refractivity contribution >= 4 is 29.4 Å². The number of carbonyl (C=O) groups excluding carboxylic acids is 1. The predicted octanol–water partition coefficient (Wildman–Crippen LogP) is 2.15. The van der Waals surface area contributed by atoms with Crippen LogP contribution in [0.4, 0.5) is 0 Å². The number of amides is 1. The molecule has 0 atom stereocenters. The zero-order valence-corrected chi connectivity index (χ0v) is 9.61. The van der Waals surface area contributed by atoms with E-state index >= 15 is 0 Å². The fourth-order valence-electron chi connectivity index (χ4n) is 0.923. The molecule has 74 valence electrons. The molecule has 1 rings (SSSR count). The molecule has 0 unspecified atom stereocenters. The third-order valence-corrected chi connectivity index (χ3v) is 3.69. The van der Waals surface area contributed by atoms with E-state index in [0.29, 0.717) is 5.70 Å².